The van der Waals surface area contributed by atoms with E-state index in [9.17, 15) is 9.90 Å². The number of anilines is 1. The van der Waals surface area contributed by atoms with Gasteiger partial charge in [-0.05, 0) is 37.0 Å². The van der Waals surface area contributed by atoms with Gasteiger partial charge in [-0.15, -0.1) is 0 Å². The van der Waals surface area contributed by atoms with Crippen molar-refractivity contribution in [3.05, 3.63) is 23.8 Å². The SMILES string of the molecule is CCCCCCCCCCCCCCCCOC(=O)c1ccc(NC(C)C(C)(C)C)c(O)c1. The Morgan fingerprint density at radius 1 is 0.879 bits per heavy atom. The van der Waals surface area contributed by atoms with Crippen LogP contribution in [0.3, 0.4) is 0 Å². The molecule has 0 spiro atoms. The zero-order valence-electron chi connectivity index (χ0n) is 22.2. The molecule has 1 unspecified atom stereocenters. The first-order valence-electron chi connectivity index (χ1n) is 13.5. The fourth-order valence-electron chi connectivity index (χ4n) is 3.78. The van der Waals surface area contributed by atoms with Crippen LogP contribution >= 0.6 is 0 Å². The summed E-state index contributed by atoms with van der Waals surface area (Å²) in [7, 11) is 0. The number of hydrogen-bond acceptors (Lipinski definition) is 4. The van der Waals surface area contributed by atoms with Crippen LogP contribution in [0.2, 0.25) is 0 Å². The number of nitrogens with one attached hydrogen (secondary N) is 1. The maximum absolute atomic E-state index is 12.3. The van der Waals surface area contributed by atoms with Gasteiger partial charge in [0.05, 0.1) is 17.9 Å². The average Bonchev–Trinajstić information content (AvgIpc) is 2.76. The molecule has 0 saturated heterocycles. The Hall–Kier alpha value is -1.71. The summed E-state index contributed by atoms with van der Waals surface area (Å²) >= 11 is 0. The molecule has 4 nitrogen and oxygen atoms in total. The second-order valence-electron chi connectivity index (χ2n) is 10.7. The van der Waals surface area contributed by atoms with Crippen LogP contribution in [0.5, 0.6) is 5.75 Å². The molecule has 0 aliphatic heterocycles. The maximum Gasteiger partial charge on any atom is 0.338 e. The lowest BCUT2D eigenvalue weighted by atomic mass is 9.88. The van der Waals surface area contributed by atoms with E-state index in [-0.39, 0.29) is 23.2 Å². The molecule has 0 aliphatic carbocycles. The highest BCUT2D eigenvalue weighted by molar-refractivity contribution is 5.90. The van der Waals surface area contributed by atoms with Crippen molar-refractivity contribution in [3.63, 3.8) is 0 Å². The van der Waals surface area contributed by atoms with Gasteiger partial charge in [-0.1, -0.05) is 111 Å². The van der Waals surface area contributed by atoms with Crippen molar-refractivity contribution in [2.24, 2.45) is 5.41 Å². The van der Waals surface area contributed by atoms with E-state index in [1.165, 1.54) is 83.1 Å². The third-order valence-corrected chi connectivity index (χ3v) is 6.64. The number of phenols is 1. The van der Waals surface area contributed by atoms with Crippen LogP contribution in [0.1, 0.15) is 135 Å². The molecule has 1 rings (SSSR count). The predicted octanol–water partition coefficient (Wildman–Crippen LogP) is 8.88. The van der Waals surface area contributed by atoms with Crippen molar-refractivity contribution < 1.29 is 14.6 Å². The molecule has 0 aromatic heterocycles. The molecule has 0 bridgehead atoms. The number of rotatable bonds is 18. The van der Waals surface area contributed by atoms with Crippen LogP contribution < -0.4 is 5.32 Å². The molecule has 190 valence electrons. The van der Waals surface area contributed by atoms with Gasteiger partial charge in [0.2, 0.25) is 0 Å². The van der Waals surface area contributed by atoms with E-state index in [0.29, 0.717) is 17.9 Å². The molecule has 0 aliphatic rings. The first-order valence-corrected chi connectivity index (χ1v) is 13.5. The normalized spacial score (nSPS) is 12.5. The van der Waals surface area contributed by atoms with E-state index in [1.807, 2.05) is 0 Å². The molecule has 2 N–H and O–H groups in total. The Bertz CT molecular complexity index is 651. The molecule has 0 amide bonds. The standard InChI is InChI=1S/C29H51NO3/c1-6-7-8-9-10-11-12-13-14-15-16-17-18-19-22-33-28(32)25-20-21-26(27(31)23-25)30-24(2)29(3,4)5/h20-21,23-24,30-31H,6-19,22H2,1-5H3. The van der Waals surface area contributed by atoms with Gasteiger partial charge >= 0.3 is 5.97 Å². The third kappa shape index (κ3) is 13.6. The van der Waals surface area contributed by atoms with Gasteiger partial charge in [0.1, 0.15) is 5.75 Å². The van der Waals surface area contributed by atoms with Gasteiger partial charge in [0.25, 0.3) is 0 Å². The summed E-state index contributed by atoms with van der Waals surface area (Å²) in [5.41, 5.74) is 1.10. The number of ether oxygens (including phenoxy) is 1. The smallest absolute Gasteiger partial charge is 0.338 e. The minimum absolute atomic E-state index is 0.0671. The molecule has 1 aromatic rings. The zero-order valence-corrected chi connectivity index (χ0v) is 22.2. The van der Waals surface area contributed by atoms with Gasteiger partial charge in [-0.3, -0.25) is 0 Å². The molecular formula is C29H51NO3. The van der Waals surface area contributed by atoms with Gasteiger partial charge in [-0.2, -0.15) is 0 Å². The Balaban J connectivity index is 2.08. The van der Waals surface area contributed by atoms with Gasteiger partial charge in [0.15, 0.2) is 0 Å². The number of carbonyl (C=O) groups excluding carboxylic acids is 1. The highest BCUT2D eigenvalue weighted by Crippen LogP contribution is 2.29. The Labute approximate surface area is 203 Å². The van der Waals surface area contributed by atoms with Crippen LogP contribution in [0.15, 0.2) is 18.2 Å². The number of hydrogen-bond donors (Lipinski definition) is 2. The lowest BCUT2D eigenvalue weighted by molar-refractivity contribution is 0.0497. The molecule has 0 heterocycles. The summed E-state index contributed by atoms with van der Waals surface area (Å²) in [6.07, 6.45) is 18.3. The maximum atomic E-state index is 12.3. The number of esters is 1. The van der Waals surface area contributed by atoms with Crippen LogP contribution in [-0.4, -0.2) is 23.7 Å². The third-order valence-electron chi connectivity index (χ3n) is 6.64. The van der Waals surface area contributed by atoms with Crippen molar-refractivity contribution in [1.82, 2.24) is 0 Å². The van der Waals surface area contributed by atoms with Crippen molar-refractivity contribution in [2.45, 2.75) is 131 Å². The Kier molecular flexibility index (Phi) is 15.0. The van der Waals surface area contributed by atoms with E-state index in [1.54, 1.807) is 12.1 Å². The largest absolute Gasteiger partial charge is 0.506 e. The number of carbonyl (C=O) groups is 1. The second-order valence-corrected chi connectivity index (χ2v) is 10.7. The van der Waals surface area contributed by atoms with E-state index >= 15 is 0 Å². The second kappa shape index (κ2) is 16.8. The van der Waals surface area contributed by atoms with E-state index in [0.717, 1.165) is 12.8 Å². The fraction of sp³-hybridized carbons (Fsp3) is 0.759. The molecule has 0 fully saturated rings. The van der Waals surface area contributed by atoms with Crippen molar-refractivity contribution >= 4 is 11.7 Å². The average molecular weight is 462 g/mol. The van der Waals surface area contributed by atoms with Gasteiger partial charge < -0.3 is 15.2 Å². The molecule has 0 saturated carbocycles. The highest BCUT2D eigenvalue weighted by atomic mass is 16.5. The van der Waals surface area contributed by atoms with E-state index in [4.69, 9.17) is 4.74 Å². The molecular weight excluding hydrogens is 410 g/mol. The molecule has 0 radical (unpaired) electrons. The monoisotopic (exact) mass is 461 g/mol. The lowest BCUT2D eigenvalue weighted by Gasteiger charge is -2.29. The Morgan fingerprint density at radius 2 is 1.36 bits per heavy atom. The minimum Gasteiger partial charge on any atom is -0.506 e. The molecule has 1 atom stereocenters. The van der Waals surface area contributed by atoms with Crippen molar-refractivity contribution in [3.8, 4) is 5.75 Å². The zero-order chi connectivity index (χ0) is 24.5. The van der Waals surface area contributed by atoms with Crippen LogP contribution in [0.4, 0.5) is 5.69 Å². The summed E-state index contributed by atoms with van der Waals surface area (Å²) in [5.74, 6) is -0.285. The summed E-state index contributed by atoms with van der Waals surface area (Å²) in [4.78, 5) is 12.3. The summed E-state index contributed by atoms with van der Waals surface area (Å²) in [5, 5.41) is 13.6. The first-order chi connectivity index (χ1) is 15.8. The summed E-state index contributed by atoms with van der Waals surface area (Å²) in [6, 6.07) is 5.14. The van der Waals surface area contributed by atoms with E-state index < -0.39 is 0 Å². The fourth-order valence-corrected chi connectivity index (χ4v) is 3.78. The quantitative estimate of drug-likeness (QED) is 0.130. The summed E-state index contributed by atoms with van der Waals surface area (Å²) < 4.78 is 5.39. The van der Waals surface area contributed by atoms with Crippen molar-refractivity contribution in [1.29, 1.82) is 0 Å². The number of aromatic hydroxyl groups is 1. The van der Waals surface area contributed by atoms with Gasteiger partial charge in [-0.25, -0.2) is 4.79 Å². The first kappa shape index (κ1) is 29.3. The number of benzene rings is 1. The van der Waals surface area contributed by atoms with Crippen LogP contribution in [0, 0.1) is 5.41 Å². The summed E-state index contributed by atoms with van der Waals surface area (Å²) in [6.45, 7) is 11.2. The molecule has 4 heteroatoms. The van der Waals surface area contributed by atoms with E-state index in [2.05, 4.69) is 39.9 Å². The Morgan fingerprint density at radius 3 is 1.82 bits per heavy atom. The van der Waals surface area contributed by atoms with Gasteiger partial charge in [0, 0.05) is 6.04 Å². The van der Waals surface area contributed by atoms with Crippen LogP contribution in [-0.2, 0) is 4.74 Å². The number of unbranched alkanes of at least 4 members (excludes halogenated alkanes) is 13. The predicted molar refractivity (Wildman–Crippen MR) is 141 cm³/mol. The number of phenolic OH excluding ortho intramolecular Hbond substituents is 1. The molecule has 1 aromatic carbocycles. The van der Waals surface area contributed by atoms with Crippen molar-refractivity contribution in [2.75, 3.05) is 11.9 Å². The molecule has 33 heavy (non-hydrogen) atoms. The topological polar surface area (TPSA) is 58.6 Å². The highest BCUT2D eigenvalue weighted by Gasteiger charge is 2.21. The minimum atomic E-state index is -0.365. The van der Waals surface area contributed by atoms with Crippen LogP contribution in [0.25, 0.3) is 0 Å². The lowest BCUT2D eigenvalue weighted by Crippen LogP contribution is -2.30.